The Labute approximate surface area is 194 Å². The van der Waals surface area contributed by atoms with Gasteiger partial charge in [-0.2, -0.15) is 0 Å². The Morgan fingerprint density at radius 1 is 0.794 bits per heavy atom. The Hall–Kier alpha value is -0.820. The zero-order chi connectivity index (χ0) is 25.3. The Bertz CT molecular complexity index is 695. The first-order valence-corrected chi connectivity index (χ1v) is 11.1. The third kappa shape index (κ3) is 5.30. The molecule has 198 valence electrons. The van der Waals surface area contributed by atoms with Crippen molar-refractivity contribution in [3.05, 3.63) is 11.6 Å². The maximum atomic E-state index is 10.7. The predicted octanol–water partition coefficient (Wildman–Crippen LogP) is -6.75. The molecule has 14 nitrogen and oxygen atoms in total. The van der Waals surface area contributed by atoms with Crippen molar-refractivity contribution < 1.29 is 65.6 Å². The zero-order valence-corrected chi connectivity index (χ0v) is 18.2. The number of rotatable bonds is 7. The Morgan fingerprint density at radius 2 is 1.47 bits per heavy atom. The highest BCUT2D eigenvalue weighted by Crippen LogP contribution is 2.32. The average molecular weight is 497 g/mol. The van der Waals surface area contributed by atoms with Crippen molar-refractivity contribution >= 4 is 0 Å². The van der Waals surface area contributed by atoms with E-state index in [9.17, 15) is 56.2 Å². The van der Waals surface area contributed by atoms with Crippen molar-refractivity contribution in [2.45, 2.75) is 85.8 Å². The second-order valence-corrected chi connectivity index (χ2v) is 9.08. The Morgan fingerprint density at radius 3 is 2.06 bits per heavy atom. The van der Waals surface area contributed by atoms with Crippen LogP contribution in [0.3, 0.4) is 0 Å². The van der Waals surface area contributed by atoms with Gasteiger partial charge in [0.15, 0.2) is 6.29 Å². The topological polar surface area (TPSA) is 253 Å². The highest BCUT2D eigenvalue weighted by Gasteiger charge is 2.50. The molecule has 14 heteroatoms. The zero-order valence-electron chi connectivity index (χ0n) is 18.2. The molecular weight excluding hydrogens is 462 g/mol. The number of hydrogen-bond acceptors (Lipinski definition) is 14. The Kier molecular flexibility index (Phi) is 9.38. The van der Waals surface area contributed by atoms with E-state index >= 15 is 0 Å². The van der Waals surface area contributed by atoms with E-state index in [-0.39, 0.29) is 12.0 Å². The second kappa shape index (κ2) is 11.5. The number of aliphatic hydroxyl groups excluding tert-OH is 11. The van der Waals surface area contributed by atoms with E-state index < -0.39 is 105 Å². The van der Waals surface area contributed by atoms with Crippen LogP contribution in [0.1, 0.15) is 6.42 Å². The summed E-state index contributed by atoms with van der Waals surface area (Å²) in [6.45, 7) is -1.81. The molecule has 3 rings (SSSR count). The number of nitrogens with one attached hydrogen (secondary N) is 1. The lowest BCUT2D eigenvalue weighted by atomic mass is 9.78. The minimum atomic E-state index is -1.78. The van der Waals surface area contributed by atoms with Gasteiger partial charge >= 0.3 is 0 Å². The lowest BCUT2D eigenvalue weighted by molar-refractivity contribution is -0.325. The fraction of sp³-hybridized carbons (Fsp3) is 0.900. The summed E-state index contributed by atoms with van der Waals surface area (Å²) < 4.78 is 11.0. The van der Waals surface area contributed by atoms with E-state index in [1.807, 2.05) is 0 Å². The monoisotopic (exact) mass is 497 g/mol. The third-order valence-corrected chi connectivity index (χ3v) is 6.90. The van der Waals surface area contributed by atoms with Gasteiger partial charge in [0.1, 0.15) is 54.9 Å². The van der Waals surface area contributed by atoms with Gasteiger partial charge < -0.3 is 71.0 Å². The van der Waals surface area contributed by atoms with Crippen molar-refractivity contribution in [1.82, 2.24) is 5.32 Å². The van der Waals surface area contributed by atoms with Crippen molar-refractivity contribution in [3.63, 3.8) is 0 Å². The Balaban J connectivity index is 1.85. The summed E-state index contributed by atoms with van der Waals surface area (Å²) in [4.78, 5) is 0. The normalized spacial score (nSPS) is 50.1. The predicted molar refractivity (Wildman–Crippen MR) is 110 cm³/mol. The van der Waals surface area contributed by atoms with Crippen molar-refractivity contribution in [3.8, 4) is 0 Å². The van der Waals surface area contributed by atoms with Gasteiger partial charge in [-0.05, 0) is 12.0 Å². The molecule has 0 aromatic heterocycles. The third-order valence-electron chi connectivity index (χ3n) is 6.90. The van der Waals surface area contributed by atoms with Crippen LogP contribution >= 0.6 is 0 Å². The summed E-state index contributed by atoms with van der Waals surface area (Å²) in [5.74, 6) is -0.820. The van der Waals surface area contributed by atoms with Gasteiger partial charge in [0, 0.05) is 18.6 Å². The first kappa shape index (κ1) is 27.8. The van der Waals surface area contributed by atoms with Gasteiger partial charge in [0.25, 0.3) is 0 Å². The van der Waals surface area contributed by atoms with E-state index in [1.165, 1.54) is 6.08 Å². The molecule has 1 aliphatic heterocycles. The van der Waals surface area contributed by atoms with Gasteiger partial charge in [-0.15, -0.1) is 0 Å². The van der Waals surface area contributed by atoms with Crippen LogP contribution in [-0.2, 0) is 9.47 Å². The first-order chi connectivity index (χ1) is 16.0. The summed E-state index contributed by atoms with van der Waals surface area (Å²) in [6.07, 6.45) is -15.9. The molecule has 14 atom stereocenters. The summed E-state index contributed by atoms with van der Waals surface area (Å²) in [5.41, 5.74) is 0.0387. The van der Waals surface area contributed by atoms with E-state index in [0.29, 0.717) is 0 Å². The molecule has 0 spiro atoms. The maximum absolute atomic E-state index is 10.7. The largest absolute Gasteiger partial charge is 0.396 e. The minimum Gasteiger partial charge on any atom is -0.396 e. The van der Waals surface area contributed by atoms with Crippen LogP contribution in [0.2, 0.25) is 0 Å². The van der Waals surface area contributed by atoms with Gasteiger partial charge in [0.05, 0.1) is 25.4 Å². The van der Waals surface area contributed by atoms with Crippen LogP contribution in [0.4, 0.5) is 0 Å². The van der Waals surface area contributed by atoms with Gasteiger partial charge in [-0.25, -0.2) is 0 Å². The summed E-state index contributed by atoms with van der Waals surface area (Å²) in [7, 11) is 0. The maximum Gasteiger partial charge on any atom is 0.187 e. The van der Waals surface area contributed by atoms with Crippen LogP contribution in [0.5, 0.6) is 0 Å². The standard InChI is InChI=1S/C20H35NO13/c22-3-6-1-8(13(27)15(29)11(6)25)21-9-2-7(4-23)12(26)17(31)19(9)34-20-18(32)16(30)14(28)10(5-24)33-20/h1,7-32H,2-5H2/t7-,8+,9+,10-,11-,12-,13+,14-,15+,16+,17+,18-,19+,20+/m1/s1. The van der Waals surface area contributed by atoms with Crippen LogP contribution < -0.4 is 5.32 Å². The number of ether oxygens (including phenoxy) is 2. The fourth-order valence-corrected chi connectivity index (χ4v) is 4.75. The smallest absolute Gasteiger partial charge is 0.187 e. The summed E-state index contributed by atoms with van der Waals surface area (Å²) >= 11 is 0. The molecule has 12 N–H and O–H groups in total. The van der Waals surface area contributed by atoms with Crippen LogP contribution in [0.25, 0.3) is 0 Å². The molecule has 2 fully saturated rings. The van der Waals surface area contributed by atoms with E-state index in [0.717, 1.165) is 0 Å². The van der Waals surface area contributed by atoms with Crippen LogP contribution in [-0.4, -0.2) is 155 Å². The van der Waals surface area contributed by atoms with Crippen molar-refractivity contribution in [2.75, 3.05) is 19.8 Å². The molecule has 0 bridgehead atoms. The highest BCUT2D eigenvalue weighted by molar-refractivity contribution is 5.22. The SMILES string of the molecule is OCC1=C[C@H](N[C@H]2C[C@H](CO)[C@@H](O)[C@H](O)[C@H]2O[C@@H]2O[C@H](CO)[C@@H](O)[C@H](O)[C@H]2O)[C@H](O)[C@@H](O)[C@@H]1O. The first-order valence-electron chi connectivity index (χ1n) is 11.1. The molecule has 0 amide bonds. The van der Waals surface area contributed by atoms with Crippen LogP contribution in [0, 0.1) is 5.92 Å². The second-order valence-electron chi connectivity index (χ2n) is 9.08. The summed E-state index contributed by atoms with van der Waals surface area (Å²) in [5, 5.41) is 113. The minimum absolute atomic E-state index is 0.0129. The fourth-order valence-electron chi connectivity index (χ4n) is 4.75. The lowest BCUT2D eigenvalue weighted by Crippen LogP contribution is -2.66. The average Bonchev–Trinajstić information content (AvgIpc) is 2.83. The lowest BCUT2D eigenvalue weighted by Gasteiger charge is -2.48. The highest BCUT2D eigenvalue weighted by atomic mass is 16.7. The van der Waals surface area contributed by atoms with E-state index in [4.69, 9.17) is 9.47 Å². The molecule has 1 saturated carbocycles. The molecule has 3 aliphatic rings. The molecule has 0 aromatic carbocycles. The molecule has 1 heterocycles. The van der Waals surface area contributed by atoms with Crippen LogP contribution in [0.15, 0.2) is 11.6 Å². The molecule has 34 heavy (non-hydrogen) atoms. The van der Waals surface area contributed by atoms with E-state index in [2.05, 4.69) is 5.32 Å². The molecule has 0 unspecified atom stereocenters. The van der Waals surface area contributed by atoms with E-state index in [1.54, 1.807) is 0 Å². The molecule has 1 saturated heterocycles. The van der Waals surface area contributed by atoms with Crippen molar-refractivity contribution in [1.29, 1.82) is 0 Å². The molecule has 2 aliphatic carbocycles. The van der Waals surface area contributed by atoms with Crippen molar-refractivity contribution in [2.24, 2.45) is 5.92 Å². The van der Waals surface area contributed by atoms with Gasteiger partial charge in [0.2, 0.25) is 0 Å². The molecule has 0 radical (unpaired) electrons. The molecule has 0 aromatic rings. The quantitative estimate of drug-likeness (QED) is 0.146. The molecular formula is C20H35NO13. The number of aliphatic hydroxyl groups is 11. The van der Waals surface area contributed by atoms with Gasteiger partial charge in [-0.1, -0.05) is 6.08 Å². The summed E-state index contributed by atoms with van der Waals surface area (Å²) in [6, 6.07) is -1.99. The van der Waals surface area contributed by atoms with Gasteiger partial charge in [-0.3, -0.25) is 0 Å². The number of hydrogen-bond donors (Lipinski definition) is 12.